The number of benzene rings is 1. The molecule has 0 saturated carbocycles. The first kappa shape index (κ1) is 26.5. The van der Waals surface area contributed by atoms with Gasteiger partial charge in [-0.25, -0.2) is 9.59 Å². The van der Waals surface area contributed by atoms with E-state index in [0.29, 0.717) is 17.4 Å². The zero-order valence-corrected chi connectivity index (χ0v) is 18.7. The van der Waals surface area contributed by atoms with Gasteiger partial charge in [0.2, 0.25) is 0 Å². The Kier molecular flexibility index (Phi) is 14.1. The van der Waals surface area contributed by atoms with Gasteiger partial charge in [-0.15, -0.1) is 0 Å². The zero-order valence-electron chi connectivity index (χ0n) is 18.7. The Morgan fingerprint density at radius 1 is 1.03 bits per heavy atom. The Labute approximate surface area is 175 Å². The SMILES string of the molecule is C=C(C)C(=O)OCCNC(=O)OCCOc1ccc(C(CC)C(C)C)cc1.CC. The quantitative estimate of drug-likeness (QED) is 0.314. The highest BCUT2D eigenvalue weighted by Gasteiger charge is 2.13. The van der Waals surface area contributed by atoms with Gasteiger partial charge >= 0.3 is 12.1 Å². The number of hydrogen-bond acceptors (Lipinski definition) is 5. The minimum atomic E-state index is -0.581. The van der Waals surface area contributed by atoms with E-state index in [-0.39, 0.29) is 26.4 Å². The van der Waals surface area contributed by atoms with Gasteiger partial charge in [0, 0.05) is 5.57 Å². The summed E-state index contributed by atoms with van der Waals surface area (Å²) in [5.41, 5.74) is 1.63. The molecule has 0 fully saturated rings. The van der Waals surface area contributed by atoms with E-state index in [9.17, 15) is 9.59 Å². The number of nitrogens with one attached hydrogen (secondary N) is 1. The molecule has 29 heavy (non-hydrogen) atoms. The third-order valence-electron chi connectivity index (χ3n) is 4.09. The molecule has 1 N–H and O–H groups in total. The van der Waals surface area contributed by atoms with Crippen LogP contribution in [0.1, 0.15) is 59.4 Å². The highest BCUT2D eigenvalue weighted by atomic mass is 16.6. The van der Waals surface area contributed by atoms with Gasteiger partial charge in [0.25, 0.3) is 0 Å². The summed E-state index contributed by atoms with van der Waals surface area (Å²) in [5.74, 6) is 1.40. The molecule has 0 heterocycles. The molecule has 1 amide bonds. The van der Waals surface area contributed by atoms with E-state index in [1.54, 1.807) is 6.92 Å². The second-order valence-electron chi connectivity index (χ2n) is 6.66. The highest BCUT2D eigenvalue weighted by Crippen LogP contribution is 2.28. The summed E-state index contributed by atoms with van der Waals surface area (Å²) in [6.45, 7) is 16.3. The van der Waals surface area contributed by atoms with Gasteiger partial charge < -0.3 is 19.5 Å². The molecule has 1 atom stereocenters. The fourth-order valence-electron chi connectivity index (χ4n) is 2.67. The number of carbonyl (C=O) groups is 2. The van der Waals surface area contributed by atoms with Crippen molar-refractivity contribution in [3.63, 3.8) is 0 Å². The van der Waals surface area contributed by atoms with Crippen LogP contribution in [0, 0.1) is 5.92 Å². The van der Waals surface area contributed by atoms with Crippen LogP contribution in [0.5, 0.6) is 5.75 Å². The number of esters is 1. The van der Waals surface area contributed by atoms with Crippen molar-refractivity contribution in [1.29, 1.82) is 0 Å². The smallest absolute Gasteiger partial charge is 0.407 e. The normalized spacial score (nSPS) is 11.0. The molecule has 0 spiro atoms. The first-order valence-corrected chi connectivity index (χ1v) is 10.3. The van der Waals surface area contributed by atoms with Crippen LogP contribution >= 0.6 is 0 Å². The number of carbonyl (C=O) groups excluding carboxylic acids is 2. The van der Waals surface area contributed by atoms with Crippen LogP contribution in [0.4, 0.5) is 4.79 Å². The van der Waals surface area contributed by atoms with E-state index < -0.39 is 12.1 Å². The molecule has 1 aromatic rings. The van der Waals surface area contributed by atoms with Crippen LogP contribution in [0.3, 0.4) is 0 Å². The maximum absolute atomic E-state index is 11.5. The van der Waals surface area contributed by atoms with Gasteiger partial charge in [-0.3, -0.25) is 0 Å². The summed E-state index contributed by atoms with van der Waals surface area (Å²) in [6, 6.07) is 8.05. The van der Waals surface area contributed by atoms with Crippen LogP contribution in [0.25, 0.3) is 0 Å². The minimum absolute atomic E-state index is 0.0682. The number of ether oxygens (including phenoxy) is 3. The van der Waals surface area contributed by atoms with E-state index in [1.807, 2.05) is 26.0 Å². The van der Waals surface area contributed by atoms with Crippen LogP contribution < -0.4 is 10.1 Å². The predicted molar refractivity (Wildman–Crippen MR) is 116 cm³/mol. The van der Waals surface area contributed by atoms with Crippen molar-refractivity contribution >= 4 is 12.1 Å². The van der Waals surface area contributed by atoms with Crippen molar-refractivity contribution in [3.8, 4) is 5.75 Å². The summed E-state index contributed by atoms with van der Waals surface area (Å²) in [6.07, 6.45) is 0.524. The predicted octanol–water partition coefficient (Wildman–Crippen LogP) is 5.09. The first-order chi connectivity index (χ1) is 13.8. The molecule has 0 saturated heterocycles. The Morgan fingerprint density at radius 3 is 2.17 bits per heavy atom. The van der Waals surface area contributed by atoms with Crippen LogP contribution in [-0.4, -0.2) is 38.4 Å². The summed E-state index contributed by atoms with van der Waals surface area (Å²) < 4.78 is 15.4. The van der Waals surface area contributed by atoms with Crippen molar-refractivity contribution in [1.82, 2.24) is 5.32 Å². The Morgan fingerprint density at radius 2 is 1.66 bits per heavy atom. The summed E-state index contributed by atoms with van der Waals surface area (Å²) in [5, 5.41) is 2.49. The Balaban J connectivity index is 0.00000379. The third-order valence-corrected chi connectivity index (χ3v) is 4.09. The van der Waals surface area contributed by atoms with E-state index in [4.69, 9.17) is 14.2 Å². The lowest BCUT2D eigenvalue weighted by molar-refractivity contribution is -0.138. The molecule has 164 valence electrons. The lowest BCUT2D eigenvalue weighted by atomic mass is 9.86. The molecular weight excluding hydrogens is 370 g/mol. The van der Waals surface area contributed by atoms with Crippen molar-refractivity contribution in [2.75, 3.05) is 26.4 Å². The second-order valence-corrected chi connectivity index (χ2v) is 6.66. The minimum Gasteiger partial charge on any atom is -0.490 e. The summed E-state index contributed by atoms with van der Waals surface area (Å²) in [4.78, 5) is 22.7. The van der Waals surface area contributed by atoms with E-state index >= 15 is 0 Å². The van der Waals surface area contributed by atoms with Crippen molar-refractivity contribution in [2.24, 2.45) is 5.92 Å². The fraction of sp³-hybridized carbons (Fsp3) is 0.565. The molecule has 6 heteroatoms. The van der Waals surface area contributed by atoms with Gasteiger partial charge in [-0.1, -0.05) is 53.3 Å². The average Bonchev–Trinajstić information content (AvgIpc) is 2.71. The van der Waals surface area contributed by atoms with Gasteiger partial charge in [0.05, 0.1) is 6.54 Å². The molecule has 0 aliphatic rings. The number of rotatable bonds is 11. The lowest BCUT2D eigenvalue weighted by Crippen LogP contribution is -2.29. The largest absolute Gasteiger partial charge is 0.490 e. The van der Waals surface area contributed by atoms with Gasteiger partial charge in [0.1, 0.15) is 25.6 Å². The lowest BCUT2D eigenvalue weighted by Gasteiger charge is -2.19. The van der Waals surface area contributed by atoms with E-state index in [0.717, 1.165) is 12.2 Å². The molecule has 0 radical (unpaired) electrons. The Bertz CT molecular complexity index is 610. The monoisotopic (exact) mass is 407 g/mol. The molecule has 1 aromatic carbocycles. The van der Waals surface area contributed by atoms with Gasteiger partial charge in [0.15, 0.2) is 0 Å². The first-order valence-electron chi connectivity index (χ1n) is 10.3. The molecule has 0 aliphatic heterocycles. The van der Waals surface area contributed by atoms with Crippen LogP contribution in [0.15, 0.2) is 36.4 Å². The Hall–Kier alpha value is -2.50. The highest BCUT2D eigenvalue weighted by molar-refractivity contribution is 5.86. The summed E-state index contributed by atoms with van der Waals surface area (Å²) >= 11 is 0. The van der Waals surface area contributed by atoms with Crippen LogP contribution in [0.2, 0.25) is 0 Å². The maximum Gasteiger partial charge on any atom is 0.407 e. The van der Waals surface area contributed by atoms with Crippen molar-refractivity contribution in [3.05, 3.63) is 42.0 Å². The standard InChI is InChI=1S/C21H31NO5.C2H6/c1-6-19(15(2)3)17-7-9-18(10-8-17)25-13-14-27-21(24)22-11-12-26-20(23)16(4)5;1-2/h7-10,15,19H,4,6,11-14H2,1-3,5H3,(H,22,24);1-2H3. The molecule has 0 aromatic heterocycles. The molecule has 6 nitrogen and oxygen atoms in total. The summed E-state index contributed by atoms with van der Waals surface area (Å²) in [7, 11) is 0. The number of alkyl carbamates (subject to hydrolysis) is 1. The molecule has 1 unspecified atom stereocenters. The maximum atomic E-state index is 11.5. The average molecular weight is 408 g/mol. The van der Waals surface area contributed by atoms with Gasteiger partial charge in [-0.2, -0.15) is 0 Å². The molecule has 0 aliphatic carbocycles. The van der Waals surface area contributed by atoms with E-state index in [1.165, 1.54) is 5.56 Å². The zero-order chi connectivity index (χ0) is 22.2. The fourth-order valence-corrected chi connectivity index (χ4v) is 2.67. The van der Waals surface area contributed by atoms with Crippen LogP contribution in [-0.2, 0) is 14.3 Å². The molecular formula is C23H37NO5. The second kappa shape index (κ2) is 15.4. The molecule has 0 bridgehead atoms. The third kappa shape index (κ3) is 11.2. The van der Waals surface area contributed by atoms with Crippen molar-refractivity contribution in [2.45, 2.75) is 53.9 Å². The number of hydrogen-bond donors (Lipinski definition) is 1. The van der Waals surface area contributed by atoms with Gasteiger partial charge in [-0.05, 0) is 42.9 Å². The van der Waals surface area contributed by atoms with E-state index in [2.05, 4.69) is 44.8 Å². The molecule has 1 rings (SSSR count). The topological polar surface area (TPSA) is 73.9 Å². The number of amides is 1. The van der Waals surface area contributed by atoms with Crippen molar-refractivity contribution < 1.29 is 23.8 Å².